The van der Waals surface area contributed by atoms with Crippen molar-refractivity contribution in [3.8, 4) is 12.3 Å². The monoisotopic (exact) mass is 346 g/mol. The maximum absolute atomic E-state index is 14.4. The molecular weight excluding hydrogens is 331 g/mol. The Kier molecular flexibility index (Phi) is 4.88. The lowest BCUT2D eigenvalue weighted by Gasteiger charge is -2.29. The van der Waals surface area contributed by atoms with Crippen LogP contribution in [-0.2, 0) is 9.53 Å². The molecule has 124 valence electrons. The van der Waals surface area contributed by atoms with Crippen LogP contribution in [0.5, 0.6) is 0 Å². The number of carbonyl (C=O) groups is 2. The number of thioether (sulfide) groups is 1. The Balaban J connectivity index is 1.81. The Hall–Kier alpha value is -2.30. The molecule has 24 heavy (non-hydrogen) atoms. The van der Waals surface area contributed by atoms with E-state index in [1.54, 1.807) is 12.1 Å². The van der Waals surface area contributed by atoms with Crippen molar-refractivity contribution < 1.29 is 18.7 Å². The number of terminal acetylenes is 1. The van der Waals surface area contributed by atoms with E-state index in [2.05, 4.69) is 5.92 Å². The molecule has 0 bridgehead atoms. The zero-order valence-electron chi connectivity index (χ0n) is 12.8. The fourth-order valence-electron chi connectivity index (χ4n) is 2.55. The second-order valence-corrected chi connectivity index (χ2v) is 6.28. The maximum atomic E-state index is 14.4. The molecule has 0 unspecified atom stereocenters. The van der Waals surface area contributed by atoms with Gasteiger partial charge in [-0.05, 0) is 35.5 Å². The number of halogens is 1. The van der Waals surface area contributed by atoms with E-state index < -0.39 is 11.1 Å². The van der Waals surface area contributed by atoms with E-state index in [9.17, 15) is 14.0 Å². The highest BCUT2D eigenvalue weighted by molar-refractivity contribution is 8.18. The fourth-order valence-corrected chi connectivity index (χ4v) is 3.39. The van der Waals surface area contributed by atoms with Crippen LogP contribution in [0.25, 0.3) is 6.08 Å². The number of morpholine rings is 1. The number of rotatable bonds is 3. The number of hydrogen-bond donors (Lipinski definition) is 0. The zero-order chi connectivity index (χ0) is 17.1. The molecule has 0 N–H and O–H groups in total. The van der Waals surface area contributed by atoms with Crippen molar-refractivity contribution in [2.45, 2.75) is 0 Å². The lowest BCUT2D eigenvalue weighted by molar-refractivity contribution is -0.122. The maximum Gasteiger partial charge on any atom is 0.294 e. The third-order valence-corrected chi connectivity index (χ3v) is 4.65. The summed E-state index contributed by atoms with van der Waals surface area (Å²) in [6.07, 6.45) is 6.66. The van der Waals surface area contributed by atoms with Gasteiger partial charge in [0.2, 0.25) is 0 Å². The molecule has 0 aliphatic carbocycles. The van der Waals surface area contributed by atoms with Crippen LogP contribution in [0.4, 0.5) is 14.9 Å². The van der Waals surface area contributed by atoms with Crippen LogP contribution in [0.2, 0.25) is 0 Å². The van der Waals surface area contributed by atoms with Gasteiger partial charge >= 0.3 is 0 Å². The van der Waals surface area contributed by atoms with Gasteiger partial charge in [-0.3, -0.25) is 14.5 Å². The van der Waals surface area contributed by atoms with Gasteiger partial charge in [-0.15, -0.1) is 6.42 Å². The molecule has 2 heterocycles. The SMILES string of the molecule is C#CCN1C(=O)S/C(=C\c2ccc(N3CCOCC3)c(F)c2)C1=O. The van der Waals surface area contributed by atoms with E-state index in [4.69, 9.17) is 11.2 Å². The van der Waals surface area contributed by atoms with Crippen LogP contribution in [0, 0.1) is 18.2 Å². The van der Waals surface area contributed by atoms with Gasteiger partial charge in [0.1, 0.15) is 5.82 Å². The molecule has 7 heteroatoms. The van der Waals surface area contributed by atoms with E-state index >= 15 is 0 Å². The number of hydrogen-bond acceptors (Lipinski definition) is 5. The van der Waals surface area contributed by atoms with Crippen molar-refractivity contribution >= 4 is 34.7 Å². The van der Waals surface area contributed by atoms with Crippen molar-refractivity contribution in [3.63, 3.8) is 0 Å². The molecular formula is C17H15FN2O3S. The van der Waals surface area contributed by atoms with Crippen molar-refractivity contribution in [3.05, 3.63) is 34.5 Å². The lowest BCUT2D eigenvalue weighted by atomic mass is 10.1. The minimum Gasteiger partial charge on any atom is -0.378 e. The minimum absolute atomic E-state index is 0.0632. The number of benzene rings is 1. The van der Waals surface area contributed by atoms with Crippen molar-refractivity contribution in [2.75, 3.05) is 37.7 Å². The normalized spacial score (nSPS) is 19.9. The van der Waals surface area contributed by atoms with Crippen LogP contribution in [0.3, 0.4) is 0 Å². The largest absolute Gasteiger partial charge is 0.378 e. The standard InChI is InChI=1S/C17H15FN2O3S/c1-2-5-20-16(21)15(24-17(20)22)11-12-3-4-14(13(18)10-12)19-6-8-23-9-7-19/h1,3-4,10-11H,5-9H2/b15-11-. The Morgan fingerprint density at radius 1 is 1.33 bits per heavy atom. The summed E-state index contributed by atoms with van der Waals surface area (Å²) in [5, 5.41) is -0.408. The quantitative estimate of drug-likeness (QED) is 0.621. The summed E-state index contributed by atoms with van der Waals surface area (Å²) in [5.41, 5.74) is 1.03. The average molecular weight is 346 g/mol. The minimum atomic E-state index is -0.444. The fraction of sp³-hybridized carbons (Fsp3) is 0.294. The van der Waals surface area contributed by atoms with E-state index in [0.29, 0.717) is 37.6 Å². The molecule has 1 aromatic carbocycles. The molecule has 2 aliphatic heterocycles. The molecule has 2 saturated heterocycles. The molecule has 2 fully saturated rings. The summed E-state index contributed by atoms with van der Waals surface area (Å²) in [6.45, 7) is 2.36. The predicted octanol–water partition coefficient (Wildman–Crippen LogP) is 2.33. The van der Waals surface area contributed by atoms with E-state index in [1.165, 1.54) is 12.1 Å². The molecule has 0 atom stereocenters. The number of anilines is 1. The Morgan fingerprint density at radius 2 is 2.08 bits per heavy atom. The molecule has 1 aromatic rings. The summed E-state index contributed by atoms with van der Waals surface area (Å²) >= 11 is 0.808. The van der Waals surface area contributed by atoms with Gasteiger partial charge in [-0.2, -0.15) is 0 Å². The van der Waals surface area contributed by atoms with Gasteiger partial charge in [-0.25, -0.2) is 4.39 Å². The number of imide groups is 1. The zero-order valence-corrected chi connectivity index (χ0v) is 13.6. The van der Waals surface area contributed by atoms with E-state index in [1.807, 2.05) is 4.90 Å². The topological polar surface area (TPSA) is 49.9 Å². The van der Waals surface area contributed by atoms with Gasteiger partial charge in [0.15, 0.2) is 0 Å². The first kappa shape index (κ1) is 16.6. The highest BCUT2D eigenvalue weighted by Gasteiger charge is 2.34. The highest BCUT2D eigenvalue weighted by Crippen LogP contribution is 2.32. The number of carbonyl (C=O) groups excluding carboxylic acids is 2. The van der Waals surface area contributed by atoms with Gasteiger partial charge < -0.3 is 9.64 Å². The number of ether oxygens (including phenoxy) is 1. The Morgan fingerprint density at radius 3 is 2.75 bits per heavy atom. The summed E-state index contributed by atoms with van der Waals surface area (Å²) in [5.74, 6) is 1.46. The van der Waals surface area contributed by atoms with Gasteiger partial charge in [0.25, 0.3) is 11.1 Å². The summed E-state index contributed by atoms with van der Waals surface area (Å²) in [7, 11) is 0. The summed E-state index contributed by atoms with van der Waals surface area (Å²) < 4.78 is 19.6. The second kappa shape index (κ2) is 7.07. The third kappa shape index (κ3) is 3.30. The molecule has 3 rings (SSSR count). The molecule has 5 nitrogen and oxygen atoms in total. The first-order valence-corrected chi connectivity index (χ1v) is 8.23. The molecule has 0 radical (unpaired) electrons. The van der Waals surface area contributed by atoms with E-state index in [0.717, 1.165) is 16.7 Å². The van der Waals surface area contributed by atoms with Crippen molar-refractivity contribution in [1.29, 1.82) is 0 Å². The average Bonchev–Trinajstić information content (AvgIpc) is 2.84. The molecule has 0 spiro atoms. The van der Waals surface area contributed by atoms with Crippen molar-refractivity contribution in [1.82, 2.24) is 4.90 Å². The van der Waals surface area contributed by atoms with Crippen LogP contribution >= 0.6 is 11.8 Å². The number of nitrogens with zero attached hydrogens (tertiary/aromatic N) is 2. The van der Waals surface area contributed by atoms with Crippen molar-refractivity contribution in [2.24, 2.45) is 0 Å². The van der Waals surface area contributed by atoms with E-state index in [-0.39, 0.29) is 17.3 Å². The van der Waals surface area contributed by atoms with Gasteiger partial charge in [0.05, 0.1) is 30.4 Å². The van der Waals surface area contributed by atoms with Crippen LogP contribution < -0.4 is 4.90 Å². The summed E-state index contributed by atoms with van der Waals surface area (Å²) in [4.78, 5) is 27.0. The van der Waals surface area contributed by atoms with Crippen LogP contribution in [0.1, 0.15) is 5.56 Å². The Bertz CT molecular complexity index is 751. The Labute approximate surface area is 143 Å². The smallest absolute Gasteiger partial charge is 0.294 e. The lowest BCUT2D eigenvalue weighted by Crippen LogP contribution is -2.36. The first-order chi connectivity index (χ1) is 11.6. The molecule has 2 aliphatic rings. The number of amides is 2. The first-order valence-electron chi connectivity index (χ1n) is 7.41. The van der Waals surface area contributed by atoms with Gasteiger partial charge in [-0.1, -0.05) is 12.0 Å². The van der Waals surface area contributed by atoms with Crippen LogP contribution in [-0.4, -0.2) is 48.9 Å². The molecule has 2 amide bonds. The second-order valence-electron chi connectivity index (χ2n) is 5.28. The highest BCUT2D eigenvalue weighted by atomic mass is 32.2. The predicted molar refractivity (Wildman–Crippen MR) is 90.9 cm³/mol. The van der Waals surface area contributed by atoms with Crippen LogP contribution in [0.15, 0.2) is 23.1 Å². The third-order valence-electron chi connectivity index (χ3n) is 3.74. The van der Waals surface area contributed by atoms with Gasteiger partial charge in [0, 0.05) is 13.1 Å². The summed E-state index contributed by atoms with van der Waals surface area (Å²) in [6, 6.07) is 4.77. The molecule has 0 aromatic heterocycles. The molecule has 0 saturated carbocycles.